The first-order chi connectivity index (χ1) is 17.0. The Labute approximate surface area is 197 Å². The molecule has 4 heterocycles. The number of ether oxygens (including phenoxy) is 1. The van der Waals surface area contributed by atoms with Crippen molar-refractivity contribution in [1.82, 2.24) is 24.2 Å². The molecule has 0 aliphatic carbocycles. The van der Waals surface area contributed by atoms with Crippen LogP contribution in [0.15, 0.2) is 66.0 Å². The van der Waals surface area contributed by atoms with Gasteiger partial charge in [0.05, 0.1) is 35.6 Å². The molecule has 0 unspecified atom stereocenters. The lowest BCUT2D eigenvalue weighted by Crippen LogP contribution is -2.33. The van der Waals surface area contributed by atoms with Gasteiger partial charge in [0.2, 0.25) is 0 Å². The number of aliphatic hydroxyl groups excluding tert-OH is 2. The molecular formula is C24H20N6O5. The molecule has 11 heteroatoms. The Morgan fingerprint density at radius 3 is 2.40 bits per heavy atom. The Morgan fingerprint density at radius 2 is 1.74 bits per heavy atom. The van der Waals surface area contributed by atoms with E-state index in [1.165, 1.54) is 17.2 Å². The molecule has 1 amide bonds. The quantitative estimate of drug-likeness (QED) is 0.332. The summed E-state index contributed by atoms with van der Waals surface area (Å²) in [5.41, 5.74) is 4.06. The average Bonchev–Trinajstić information content (AvgIpc) is 3.47. The Hall–Kier alpha value is -4.19. The van der Waals surface area contributed by atoms with Crippen LogP contribution in [-0.2, 0) is 4.74 Å². The number of hydrogen-bond donors (Lipinski definition) is 3. The van der Waals surface area contributed by atoms with Crippen LogP contribution in [0.4, 0.5) is 0 Å². The lowest BCUT2D eigenvalue weighted by molar-refractivity contribution is -0.0432. The molecule has 0 spiro atoms. The van der Waals surface area contributed by atoms with Crippen LogP contribution in [0.1, 0.15) is 23.0 Å². The summed E-state index contributed by atoms with van der Waals surface area (Å²) < 4.78 is 8.17. The second-order valence-electron chi connectivity index (χ2n) is 8.32. The van der Waals surface area contributed by atoms with E-state index in [1.54, 1.807) is 0 Å². The van der Waals surface area contributed by atoms with Gasteiger partial charge in [-0.05, 0) is 12.1 Å². The van der Waals surface area contributed by atoms with Crippen LogP contribution in [0.2, 0.25) is 0 Å². The zero-order valence-corrected chi connectivity index (χ0v) is 18.3. The average molecular weight is 472 g/mol. The van der Waals surface area contributed by atoms with Crippen molar-refractivity contribution in [3.8, 4) is 0 Å². The second kappa shape index (κ2) is 8.24. The van der Waals surface area contributed by atoms with Gasteiger partial charge in [0.25, 0.3) is 11.5 Å². The maximum absolute atomic E-state index is 13.4. The van der Waals surface area contributed by atoms with Gasteiger partial charge in [-0.3, -0.25) is 19.6 Å². The third-order valence-corrected chi connectivity index (χ3v) is 6.22. The van der Waals surface area contributed by atoms with Crippen molar-refractivity contribution in [3.63, 3.8) is 0 Å². The van der Waals surface area contributed by atoms with Crippen molar-refractivity contribution in [3.05, 3.63) is 77.1 Å². The van der Waals surface area contributed by atoms with Gasteiger partial charge in [0, 0.05) is 17.2 Å². The Bertz CT molecular complexity index is 1610. The fourth-order valence-electron chi connectivity index (χ4n) is 4.50. The molecule has 1 aliphatic rings. The molecule has 6 rings (SSSR count). The number of aliphatic hydroxyl groups is 2. The van der Waals surface area contributed by atoms with Crippen LogP contribution in [0.25, 0.3) is 33.0 Å². The number of pyridine rings is 1. The minimum Gasteiger partial charge on any atom is -0.394 e. The maximum atomic E-state index is 13.4. The van der Waals surface area contributed by atoms with Crippen LogP contribution < -0.4 is 11.0 Å². The van der Waals surface area contributed by atoms with Crippen molar-refractivity contribution in [2.75, 3.05) is 12.0 Å². The molecule has 3 atom stereocenters. The largest absolute Gasteiger partial charge is 0.394 e. The summed E-state index contributed by atoms with van der Waals surface area (Å²) in [7, 11) is 0. The van der Waals surface area contributed by atoms with Crippen molar-refractivity contribution in [2.45, 2.75) is 24.9 Å². The van der Waals surface area contributed by atoms with E-state index in [9.17, 15) is 19.8 Å². The predicted octanol–water partition coefficient (Wildman–Crippen LogP) is 1.32. The summed E-state index contributed by atoms with van der Waals surface area (Å²) in [5, 5.41) is 20.7. The SMILES string of the molecule is O=C(Nn1cnc2c(ncn2[C@H]2C[C@H](O)[C@@H](CO)O2)c1=O)c1c2ccccc2nc2ccccc12. The highest BCUT2D eigenvalue weighted by atomic mass is 16.5. The van der Waals surface area contributed by atoms with Crippen LogP contribution in [0.5, 0.6) is 0 Å². The van der Waals surface area contributed by atoms with Crippen molar-refractivity contribution < 1.29 is 19.7 Å². The van der Waals surface area contributed by atoms with Gasteiger partial charge >= 0.3 is 0 Å². The minimum absolute atomic E-state index is 0.0304. The first-order valence-electron chi connectivity index (χ1n) is 11.0. The van der Waals surface area contributed by atoms with Gasteiger partial charge in [0.15, 0.2) is 11.2 Å². The number of hydrogen-bond acceptors (Lipinski definition) is 8. The standard InChI is InChI=1S/C24H20N6O5/c31-10-18-17(32)9-19(35-18)29-11-25-21-22(29)26-12-30(24(21)34)28-23(33)20-13-5-1-3-7-15(13)27-16-8-4-2-6-14(16)20/h1-8,11-12,17-19,31-32H,9-10H2,(H,28,33)/t17-,18+,19+/m0/s1. The highest BCUT2D eigenvalue weighted by molar-refractivity contribution is 6.18. The molecule has 1 saturated heterocycles. The van der Waals surface area contributed by atoms with E-state index in [-0.39, 0.29) is 24.2 Å². The zero-order valence-electron chi connectivity index (χ0n) is 18.3. The number of imidazole rings is 1. The van der Waals surface area contributed by atoms with Gasteiger partial charge < -0.3 is 14.9 Å². The molecule has 0 bridgehead atoms. The van der Waals surface area contributed by atoms with Gasteiger partial charge in [-0.25, -0.2) is 19.6 Å². The summed E-state index contributed by atoms with van der Waals surface area (Å²) in [5.74, 6) is -0.490. The van der Waals surface area contributed by atoms with Crippen LogP contribution in [0, 0.1) is 0 Å². The van der Waals surface area contributed by atoms with E-state index >= 15 is 0 Å². The molecule has 35 heavy (non-hydrogen) atoms. The Morgan fingerprint density at radius 1 is 1.06 bits per heavy atom. The van der Waals surface area contributed by atoms with E-state index in [0.717, 1.165) is 4.68 Å². The monoisotopic (exact) mass is 472 g/mol. The Balaban J connectivity index is 1.38. The number of nitrogens with one attached hydrogen (secondary N) is 1. The van der Waals surface area contributed by atoms with Crippen molar-refractivity contribution in [2.24, 2.45) is 0 Å². The first-order valence-corrected chi connectivity index (χ1v) is 11.0. The van der Waals surface area contributed by atoms with Crippen molar-refractivity contribution in [1.29, 1.82) is 0 Å². The number of para-hydroxylation sites is 2. The van der Waals surface area contributed by atoms with Gasteiger partial charge in [0.1, 0.15) is 18.7 Å². The topological polar surface area (TPSA) is 144 Å². The number of benzene rings is 2. The van der Waals surface area contributed by atoms with Gasteiger partial charge in [-0.2, -0.15) is 0 Å². The van der Waals surface area contributed by atoms with E-state index in [1.807, 2.05) is 48.5 Å². The van der Waals surface area contributed by atoms with Gasteiger partial charge in [-0.15, -0.1) is 0 Å². The number of amides is 1. The van der Waals surface area contributed by atoms with E-state index in [0.29, 0.717) is 27.4 Å². The molecule has 0 radical (unpaired) electrons. The van der Waals surface area contributed by atoms with Crippen LogP contribution in [0.3, 0.4) is 0 Å². The third-order valence-electron chi connectivity index (χ3n) is 6.22. The summed E-state index contributed by atoms with van der Waals surface area (Å²) in [4.78, 5) is 39.6. The molecule has 1 fully saturated rings. The van der Waals surface area contributed by atoms with E-state index < -0.39 is 29.9 Å². The number of fused-ring (bicyclic) bond motifs is 3. The number of rotatable bonds is 4. The normalized spacial score (nSPS) is 20.1. The summed E-state index contributed by atoms with van der Waals surface area (Å²) >= 11 is 0. The van der Waals surface area contributed by atoms with Crippen LogP contribution >= 0.6 is 0 Å². The second-order valence-corrected chi connectivity index (χ2v) is 8.32. The number of carbonyl (C=O) groups is 1. The third kappa shape index (κ3) is 3.44. The highest BCUT2D eigenvalue weighted by Crippen LogP contribution is 2.30. The smallest absolute Gasteiger partial charge is 0.300 e. The molecule has 3 aromatic heterocycles. The molecule has 11 nitrogen and oxygen atoms in total. The molecule has 5 aromatic rings. The minimum atomic E-state index is -0.841. The number of aromatic nitrogens is 5. The van der Waals surface area contributed by atoms with Gasteiger partial charge in [-0.1, -0.05) is 36.4 Å². The molecular weight excluding hydrogens is 452 g/mol. The molecule has 0 saturated carbocycles. The fourth-order valence-corrected chi connectivity index (χ4v) is 4.50. The molecule has 1 aliphatic heterocycles. The molecule has 176 valence electrons. The maximum Gasteiger partial charge on any atom is 0.300 e. The Kier molecular flexibility index (Phi) is 5.02. The summed E-state index contributed by atoms with van der Waals surface area (Å²) in [6.45, 7) is -0.324. The molecule has 2 aromatic carbocycles. The van der Waals surface area contributed by atoms with Crippen LogP contribution in [-0.4, -0.2) is 59.1 Å². The lowest BCUT2D eigenvalue weighted by atomic mass is 10.0. The number of carbonyl (C=O) groups excluding carboxylic acids is 1. The highest BCUT2D eigenvalue weighted by Gasteiger charge is 2.35. The molecule has 3 N–H and O–H groups in total. The zero-order chi connectivity index (χ0) is 24.1. The number of nitrogens with zero attached hydrogens (tertiary/aromatic N) is 5. The predicted molar refractivity (Wildman–Crippen MR) is 126 cm³/mol. The summed E-state index contributed by atoms with van der Waals surface area (Å²) in [6.07, 6.45) is 0.640. The lowest BCUT2D eigenvalue weighted by Gasteiger charge is -2.14. The van der Waals surface area contributed by atoms with E-state index in [4.69, 9.17) is 4.74 Å². The van der Waals surface area contributed by atoms with E-state index in [2.05, 4.69) is 20.4 Å². The summed E-state index contributed by atoms with van der Waals surface area (Å²) in [6, 6.07) is 14.6. The first kappa shape index (κ1) is 21.4. The fraction of sp³-hybridized carbons (Fsp3) is 0.208. The van der Waals surface area contributed by atoms with Crippen molar-refractivity contribution >= 4 is 38.9 Å².